The Hall–Kier alpha value is -1.79. The van der Waals surface area contributed by atoms with Crippen LogP contribution in [-0.4, -0.2) is 28.6 Å². The smallest absolute Gasteiger partial charge is 0.419 e. The van der Waals surface area contributed by atoms with E-state index in [1.807, 2.05) is 0 Å². The SMILES string of the molecule is CC(C)N(CCC(=O)O)c1ncccc1C(F)(F)F. The fourth-order valence-electron chi connectivity index (χ4n) is 1.67. The van der Waals surface area contributed by atoms with E-state index in [0.717, 1.165) is 6.07 Å². The maximum atomic E-state index is 12.9. The van der Waals surface area contributed by atoms with Gasteiger partial charge in [-0.2, -0.15) is 13.2 Å². The summed E-state index contributed by atoms with van der Waals surface area (Å²) in [6, 6.07) is 1.87. The molecule has 0 saturated heterocycles. The van der Waals surface area contributed by atoms with Gasteiger partial charge in [-0.05, 0) is 26.0 Å². The van der Waals surface area contributed by atoms with Crippen molar-refractivity contribution in [3.8, 4) is 0 Å². The van der Waals surface area contributed by atoms with Gasteiger partial charge < -0.3 is 10.0 Å². The Balaban J connectivity index is 3.12. The van der Waals surface area contributed by atoms with Crippen molar-refractivity contribution in [1.82, 2.24) is 4.98 Å². The van der Waals surface area contributed by atoms with Crippen molar-refractivity contribution >= 4 is 11.8 Å². The molecule has 0 aliphatic carbocycles. The summed E-state index contributed by atoms with van der Waals surface area (Å²) in [6.07, 6.45) is -3.49. The molecule has 0 amide bonds. The van der Waals surface area contributed by atoms with Gasteiger partial charge in [0.25, 0.3) is 0 Å². The summed E-state index contributed by atoms with van der Waals surface area (Å²) in [5.41, 5.74) is -0.853. The molecule has 0 saturated carbocycles. The highest BCUT2D eigenvalue weighted by molar-refractivity contribution is 5.67. The summed E-state index contributed by atoms with van der Waals surface area (Å²) < 4.78 is 38.7. The Morgan fingerprint density at radius 2 is 2.11 bits per heavy atom. The van der Waals surface area contributed by atoms with Crippen LogP contribution in [0.2, 0.25) is 0 Å². The number of alkyl halides is 3. The second kappa shape index (κ2) is 5.90. The summed E-state index contributed by atoms with van der Waals surface area (Å²) in [6.45, 7) is 3.36. The van der Waals surface area contributed by atoms with Gasteiger partial charge in [0.15, 0.2) is 0 Å². The predicted molar refractivity (Wildman–Crippen MR) is 64.0 cm³/mol. The first-order valence-corrected chi connectivity index (χ1v) is 5.74. The Morgan fingerprint density at radius 1 is 1.47 bits per heavy atom. The van der Waals surface area contributed by atoms with E-state index < -0.39 is 17.7 Å². The van der Waals surface area contributed by atoms with Gasteiger partial charge in [0.2, 0.25) is 0 Å². The average molecular weight is 276 g/mol. The second-order valence-corrected chi connectivity index (χ2v) is 4.30. The highest BCUT2D eigenvalue weighted by atomic mass is 19.4. The number of carboxylic acid groups (broad SMARTS) is 1. The van der Waals surface area contributed by atoms with Gasteiger partial charge >= 0.3 is 12.1 Å². The molecule has 1 aromatic heterocycles. The first-order valence-electron chi connectivity index (χ1n) is 5.74. The van der Waals surface area contributed by atoms with Crippen LogP contribution in [0.3, 0.4) is 0 Å². The normalized spacial score (nSPS) is 11.7. The quantitative estimate of drug-likeness (QED) is 0.898. The number of anilines is 1. The number of pyridine rings is 1. The van der Waals surface area contributed by atoms with Crippen LogP contribution >= 0.6 is 0 Å². The molecule has 0 aliphatic rings. The number of carbonyl (C=O) groups is 1. The summed E-state index contributed by atoms with van der Waals surface area (Å²) in [5, 5.41) is 8.65. The third-order valence-electron chi connectivity index (χ3n) is 2.55. The Kier molecular flexibility index (Phi) is 4.74. The zero-order chi connectivity index (χ0) is 14.6. The molecule has 0 aromatic carbocycles. The standard InChI is InChI=1S/C12H15F3N2O2/c1-8(2)17(7-5-10(18)19)11-9(12(13,14)15)4-3-6-16-11/h3-4,6,8H,5,7H2,1-2H3,(H,18,19). The molecule has 4 nitrogen and oxygen atoms in total. The molecular formula is C12H15F3N2O2. The molecule has 1 N–H and O–H groups in total. The highest BCUT2D eigenvalue weighted by Gasteiger charge is 2.36. The van der Waals surface area contributed by atoms with Crippen molar-refractivity contribution in [2.45, 2.75) is 32.5 Å². The van der Waals surface area contributed by atoms with Crippen molar-refractivity contribution in [2.75, 3.05) is 11.4 Å². The lowest BCUT2D eigenvalue weighted by Crippen LogP contribution is -2.35. The second-order valence-electron chi connectivity index (χ2n) is 4.30. The fourth-order valence-corrected chi connectivity index (χ4v) is 1.67. The number of carboxylic acids is 1. The van der Waals surface area contributed by atoms with E-state index in [9.17, 15) is 18.0 Å². The van der Waals surface area contributed by atoms with Crippen molar-refractivity contribution in [3.63, 3.8) is 0 Å². The van der Waals surface area contributed by atoms with Crippen molar-refractivity contribution < 1.29 is 23.1 Å². The molecule has 106 valence electrons. The maximum absolute atomic E-state index is 12.9. The van der Waals surface area contributed by atoms with E-state index >= 15 is 0 Å². The van der Waals surface area contributed by atoms with E-state index in [-0.39, 0.29) is 24.8 Å². The van der Waals surface area contributed by atoms with Gasteiger partial charge in [-0.3, -0.25) is 4.79 Å². The molecule has 0 aliphatic heterocycles. The number of rotatable bonds is 5. The molecular weight excluding hydrogens is 261 g/mol. The number of halogens is 3. The summed E-state index contributed by atoms with van der Waals surface area (Å²) in [5.74, 6) is -1.29. The Morgan fingerprint density at radius 3 is 2.58 bits per heavy atom. The molecule has 0 spiro atoms. The van der Waals surface area contributed by atoms with E-state index in [2.05, 4.69) is 4.98 Å². The first-order chi connectivity index (χ1) is 8.73. The molecule has 0 bridgehead atoms. The molecule has 19 heavy (non-hydrogen) atoms. The number of nitrogens with zero attached hydrogens (tertiary/aromatic N) is 2. The van der Waals surface area contributed by atoms with E-state index in [0.29, 0.717) is 0 Å². The lowest BCUT2D eigenvalue weighted by atomic mass is 10.2. The van der Waals surface area contributed by atoms with Crippen LogP contribution in [0.1, 0.15) is 25.8 Å². The monoisotopic (exact) mass is 276 g/mol. The number of hydrogen-bond donors (Lipinski definition) is 1. The van der Waals surface area contributed by atoms with Gasteiger partial charge in [-0.15, -0.1) is 0 Å². The van der Waals surface area contributed by atoms with Crippen molar-refractivity contribution in [1.29, 1.82) is 0 Å². The van der Waals surface area contributed by atoms with Crippen LogP contribution in [0.25, 0.3) is 0 Å². The van der Waals surface area contributed by atoms with Crippen LogP contribution in [0.15, 0.2) is 18.3 Å². The minimum absolute atomic E-state index is 0.0207. The molecule has 1 aromatic rings. The average Bonchev–Trinajstić information content (AvgIpc) is 2.27. The van der Waals surface area contributed by atoms with Gasteiger partial charge in [0.1, 0.15) is 5.82 Å². The zero-order valence-electron chi connectivity index (χ0n) is 10.6. The first kappa shape index (κ1) is 15.3. The van der Waals surface area contributed by atoms with Crippen LogP contribution in [0, 0.1) is 0 Å². The van der Waals surface area contributed by atoms with Crippen LogP contribution in [0.4, 0.5) is 19.0 Å². The molecule has 0 atom stereocenters. The molecule has 1 rings (SSSR count). The largest absolute Gasteiger partial charge is 0.481 e. The van der Waals surface area contributed by atoms with Crippen molar-refractivity contribution in [3.05, 3.63) is 23.9 Å². The topological polar surface area (TPSA) is 53.4 Å². The number of aromatic nitrogens is 1. The van der Waals surface area contributed by atoms with Gasteiger partial charge in [0, 0.05) is 18.8 Å². The van der Waals surface area contributed by atoms with Crippen LogP contribution < -0.4 is 4.90 Å². The van der Waals surface area contributed by atoms with E-state index in [1.54, 1.807) is 13.8 Å². The van der Waals surface area contributed by atoms with Gasteiger partial charge in [-0.25, -0.2) is 4.98 Å². The van der Waals surface area contributed by atoms with Gasteiger partial charge in [-0.1, -0.05) is 0 Å². The third kappa shape index (κ3) is 4.11. The highest BCUT2D eigenvalue weighted by Crippen LogP contribution is 2.35. The lowest BCUT2D eigenvalue weighted by Gasteiger charge is -2.29. The molecule has 0 unspecified atom stereocenters. The number of aliphatic carboxylic acids is 1. The predicted octanol–water partition coefficient (Wildman–Crippen LogP) is 2.79. The molecule has 1 heterocycles. The molecule has 7 heteroatoms. The maximum Gasteiger partial charge on any atom is 0.419 e. The minimum Gasteiger partial charge on any atom is -0.481 e. The van der Waals surface area contributed by atoms with Gasteiger partial charge in [0.05, 0.1) is 12.0 Å². The fraction of sp³-hybridized carbons (Fsp3) is 0.500. The minimum atomic E-state index is -4.51. The van der Waals surface area contributed by atoms with Crippen LogP contribution in [-0.2, 0) is 11.0 Å². The molecule has 0 fully saturated rings. The van der Waals surface area contributed by atoms with E-state index in [1.165, 1.54) is 17.2 Å². The Bertz CT molecular complexity index is 447. The third-order valence-corrected chi connectivity index (χ3v) is 2.55. The Labute approximate surface area is 108 Å². The summed E-state index contributed by atoms with van der Waals surface area (Å²) in [4.78, 5) is 15.7. The summed E-state index contributed by atoms with van der Waals surface area (Å²) >= 11 is 0. The summed E-state index contributed by atoms with van der Waals surface area (Å²) in [7, 11) is 0. The molecule has 0 radical (unpaired) electrons. The van der Waals surface area contributed by atoms with Crippen molar-refractivity contribution in [2.24, 2.45) is 0 Å². The van der Waals surface area contributed by atoms with Crippen LogP contribution in [0.5, 0.6) is 0 Å². The number of hydrogen-bond acceptors (Lipinski definition) is 3. The van der Waals surface area contributed by atoms with E-state index in [4.69, 9.17) is 5.11 Å². The zero-order valence-corrected chi connectivity index (χ0v) is 10.6. The lowest BCUT2D eigenvalue weighted by molar-refractivity contribution is -0.137.